The molecule has 4 aliphatic carbocycles. The lowest BCUT2D eigenvalue weighted by molar-refractivity contribution is -0.152. The minimum Gasteiger partial charge on any atom is -0.490 e. The lowest BCUT2D eigenvalue weighted by Gasteiger charge is -2.55. The molecule has 9 heteroatoms. The van der Waals surface area contributed by atoms with E-state index in [4.69, 9.17) is 21.7 Å². The van der Waals surface area contributed by atoms with Gasteiger partial charge in [0.1, 0.15) is 12.4 Å². The van der Waals surface area contributed by atoms with Crippen LogP contribution >= 0.6 is 24.0 Å². The Balaban J connectivity index is 1.15. The molecule has 7 rings (SSSR count). The zero-order chi connectivity index (χ0) is 27.1. The second-order valence-electron chi connectivity index (χ2n) is 11.2. The summed E-state index contributed by atoms with van der Waals surface area (Å²) in [5, 5.41) is 1.25. The number of halogens is 1. The van der Waals surface area contributed by atoms with E-state index >= 15 is 0 Å². The van der Waals surface area contributed by atoms with Crippen LogP contribution in [-0.4, -0.2) is 27.8 Å². The zero-order valence-corrected chi connectivity index (χ0v) is 23.4. The Labute approximate surface area is 237 Å². The average molecular weight is 567 g/mol. The molecule has 2 aromatic carbocycles. The van der Waals surface area contributed by atoms with Gasteiger partial charge in [0, 0.05) is 0 Å². The third-order valence-electron chi connectivity index (χ3n) is 8.40. The van der Waals surface area contributed by atoms with Crippen LogP contribution in [0.3, 0.4) is 0 Å². The molecule has 0 aromatic heterocycles. The molecule has 39 heavy (non-hydrogen) atoms. The fourth-order valence-electron chi connectivity index (χ4n) is 7.07. The maximum absolute atomic E-state index is 13.5. The second-order valence-corrected chi connectivity index (χ2v) is 12.9. The number of ether oxygens (including phenoxy) is 2. The molecule has 5 fully saturated rings. The number of hydrogen-bond acceptors (Lipinski definition) is 6. The summed E-state index contributed by atoms with van der Waals surface area (Å²) < 4.78 is 25.2. The van der Waals surface area contributed by atoms with Crippen LogP contribution in [0.25, 0.3) is 6.08 Å². The lowest BCUT2D eigenvalue weighted by atomic mass is 9.49. The number of carbonyl (C=O) groups excluding carboxylic acids is 2. The van der Waals surface area contributed by atoms with Crippen molar-refractivity contribution < 1.29 is 23.5 Å². The van der Waals surface area contributed by atoms with Gasteiger partial charge >= 0.3 is 0 Å². The van der Waals surface area contributed by atoms with Gasteiger partial charge in [0.2, 0.25) is 5.91 Å². The molecule has 4 bridgehead atoms. The highest BCUT2D eigenvalue weighted by Gasteiger charge is 2.55. The van der Waals surface area contributed by atoms with Crippen molar-refractivity contribution in [2.75, 3.05) is 6.61 Å². The van der Waals surface area contributed by atoms with Crippen LogP contribution in [0.15, 0.2) is 47.4 Å². The molecule has 0 radical (unpaired) electrons. The number of benzene rings is 2. The minimum atomic E-state index is -0.363. The highest BCUT2D eigenvalue weighted by atomic mass is 32.2. The molecule has 5 aliphatic rings. The number of nitrogens with zero attached hydrogens (tertiary/aromatic N) is 1. The molecular weight excluding hydrogens is 535 g/mol. The number of hydrazine groups is 1. The van der Waals surface area contributed by atoms with Gasteiger partial charge in [-0.25, -0.2) is 4.39 Å². The van der Waals surface area contributed by atoms with Crippen molar-refractivity contribution in [1.29, 1.82) is 0 Å². The standard InChI is InChI=1S/C30H31FN2O4S2/c1-2-36-25-12-19(5-8-24(25)37-17-18-3-6-23(31)7-4-18)13-26-27(34)33(29(38)39-26)32-28(35)30-14-20-9-21(15-30)11-22(10-20)16-30/h3-8,12-13,20-22H,2,9-11,14-17H2,1H3,(H,32,35)/b26-13-. The first-order valence-corrected chi connectivity index (χ1v) is 14.8. The Morgan fingerprint density at radius 2 is 1.74 bits per heavy atom. The predicted octanol–water partition coefficient (Wildman–Crippen LogP) is 6.25. The van der Waals surface area contributed by atoms with Gasteiger partial charge in [0.15, 0.2) is 15.8 Å². The quantitative estimate of drug-likeness (QED) is 0.301. The van der Waals surface area contributed by atoms with Gasteiger partial charge in [-0.1, -0.05) is 30.0 Å². The van der Waals surface area contributed by atoms with Crippen molar-refractivity contribution in [2.24, 2.45) is 23.2 Å². The molecule has 2 aromatic rings. The van der Waals surface area contributed by atoms with Crippen LogP contribution in [-0.2, 0) is 16.2 Å². The van der Waals surface area contributed by atoms with Gasteiger partial charge in [0.25, 0.3) is 5.91 Å². The Hall–Kier alpha value is -2.91. The summed E-state index contributed by atoms with van der Waals surface area (Å²) in [6, 6.07) is 11.6. The number of thioether (sulfide) groups is 1. The largest absolute Gasteiger partial charge is 0.490 e. The molecule has 1 N–H and O–H groups in total. The molecular formula is C30H31FN2O4S2. The second kappa shape index (κ2) is 10.6. The number of rotatable bonds is 8. The maximum atomic E-state index is 13.5. The minimum absolute atomic E-state index is 0.0551. The summed E-state index contributed by atoms with van der Waals surface area (Å²) in [7, 11) is 0. The number of hydrogen-bond donors (Lipinski definition) is 1. The fraction of sp³-hybridized carbons (Fsp3) is 0.433. The molecule has 1 heterocycles. The van der Waals surface area contributed by atoms with Gasteiger partial charge in [-0.15, -0.1) is 0 Å². The van der Waals surface area contributed by atoms with E-state index in [2.05, 4.69) is 5.43 Å². The van der Waals surface area contributed by atoms with E-state index in [-0.39, 0.29) is 29.7 Å². The lowest BCUT2D eigenvalue weighted by Crippen LogP contribution is -2.57. The van der Waals surface area contributed by atoms with Crippen LogP contribution in [0.1, 0.15) is 56.6 Å². The number of carbonyl (C=O) groups is 2. The topological polar surface area (TPSA) is 67.9 Å². The fourth-order valence-corrected chi connectivity index (χ4v) is 8.25. The molecule has 1 saturated heterocycles. The summed E-state index contributed by atoms with van der Waals surface area (Å²) in [5.41, 5.74) is 4.12. The zero-order valence-electron chi connectivity index (χ0n) is 21.8. The van der Waals surface area contributed by atoms with E-state index in [0.717, 1.165) is 30.4 Å². The third-order valence-corrected chi connectivity index (χ3v) is 9.70. The molecule has 0 unspecified atom stereocenters. The molecule has 6 nitrogen and oxygen atoms in total. The highest BCUT2D eigenvalue weighted by Crippen LogP contribution is 2.60. The summed E-state index contributed by atoms with van der Waals surface area (Å²) in [4.78, 5) is 27.2. The summed E-state index contributed by atoms with van der Waals surface area (Å²) in [6.07, 6.45) is 8.26. The smallest absolute Gasteiger partial charge is 0.285 e. The van der Waals surface area contributed by atoms with Gasteiger partial charge in [0.05, 0.1) is 16.9 Å². The molecule has 4 saturated carbocycles. The Kier molecular flexibility index (Phi) is 7.14. The molecule has 204 valence electrons. The summed E-state index contributed by atoms with van der Waals surface area (Å²) in [6.45, 7) is 2.59. The first-order chi connectivity index (χ1) is 18.8. The van der Waals surface area contributed by atoms with E-state index in [1.54, 1.807) is 24.3 Å². The van der Waals surface area contributed by atoms with E-state index in [1.807, 2.05) is 19.1 Å². The van der Waals surface area contributed by atoms with Crippen molar-refractivity contribution in [3.05, 3.63) is 64.3 Å². The van der Waals surface area contributed by atoms with Crippen molar-refractivity contribution >= 4 is 46.2 Å². The average Bonchev–Trinajstić information content (AvgIpc) is 3.16. The Morgan fingerprint density at radius 3 is 2.38 bits per heavy atom. The first-order valence-electron chi connectivity index (χ1n) is 13.5. The van der Waals surface area contributed by atoms with Gasteiger partial charge in [-0.3, -0.25) is 15.0 Å². The van der Waals surface area contributed by atoms with Gasteiger partial charge in [-0.2, -0.15) is 5.01 Å². The summed E-state index contributed by atoms with van der Waals surface area (Å²) >= 11 is 6.67. The Morgan fingerprint density at radius 1 is 1.08 bits per heavy atom. The van der Waals surface area contributed by atoms with E-state index in [9.17, 15) is 14.0 Å². The van der Waals surface area contributed by atoms with E-state index in [0.29, 0.717) is 45.1 Å². The highest BCUT2D eigenvalue weighted by molar-refractivity contribution is 8.26. The van der Waals surface area contributed by atoms with Gasteiger partial charge in [-0.05, 0) is 117 Å². The Bertz CT molecular complexity index is 1310. The van der Waals surface area contributed by atoms with E-state index < -0.39 is 0 Å². The van der Waals surface area contributed by atoms with Gasteiger partial charge < -0.3 is 9.47 Å². The van der Waals surface area contributed by atoms with Crippen LogP contribution < -0.4 is 14.9 Å². The predicted molar refractivity (Wildman–Crippen MR) is 152 cm³/mol. The van der Waals surface area contributed by atoms with Crippen LogP contribution in [0.5, 0.6) is 11.5 Å². The van der Waals surface area contributed by atoms with Crippen molar-refractivity contribution in [1.82, 2.24) is 10.4 Å². The molecule has 2 amide bonds. The number of amides is 2. The van der Waals surface area contributed by atoms with Crippen molar-refractivity contribution in [3.63, 3.8) is 0 Å². The molecule has 0 spiro atoms. The monoisotopic (exact) mass is 566 g/mol. The van der Waals surface area contributed by atoms with Crippen LogP contribution in [0.2, 0.25) is 0 Å². The van der Waals surface area contributed by atoms with Crippen molar-refractivity contribution in [2.45, 2.75) is 52.1 Å². The number of thiocarbonyl (C=S) groups is 1. The maximum Gasteiger partial charge on any atom is 0.285 e. The first kappa shape index (κ1) is 26.3. The van der Waals surface area contributed by atoms with Crippen molar-refractivity contribution in [3.8, 4) is 11.5 Å². The molecule has 0 atom stereocenters. The molecule has 1 aliphatic heterocycles. The van der Waals surface area contributed by atoms with Crippen LogP contribution in [0, 0.1) is 29.0 Å². The van der Waals surface area contributed by atoms with E-state index in [1.165, 1.54) is 48.2 Å². The third kappa shape index (κ3) is 5.31. The van der Waals surface area contributed by atoms with Crippen LogP contribution in [0.4, 0.5) is 4.39 Å². The SMILES string of the molecule is CCOc1cc(/C=C2\SC(=S)N(NC(=O)C34CC5CC(CC(C5)C3)C4)C2=O)ccc1OCc1ccc(F)cc1. The normalized spacial score (nSPS) is 28.3. The number of nitrogens with one attached hydrogen (secondary N) is 1. The summed E-state index contributed by atoms with van der Waals surface area (Å²) in [5.74, 6) is 2.32.